The van der Waals surface area contributed by atoms with E-state index in [2.05, 4.69) is 21.2 Å². The number of ether oxygens (including phenoxy) is 1. The second-order valence-corrected chi connectivity index (χ2v) is 7.51. The van der Waals surface area contributed by atoms with E-state index in [1.165, 1.54) is 32.1 Å². The number of carbonyl (C=O) groups excluding carboxylic acids is 1. The molecule has 1 aliphatic carbocycles. The van der Waals surface area contributed by atoms with E-state index >= 15 is 0 Å². The van der Waals surface area contributed by atoms with Crippen LogP contribution < -0.4 is 11.1 Å². The zero-order valence-corrected chi connectivity index (χ0v) is 16.3. The Morgan fingerprint density at radius 1 is 1.29 bits per heavy atom. The molecular weight excluding hydrogens is 392 g/mol. The van der Waals surface area contributed by atoms with Crippen molar-refractivity contribution in [3.63, 3.8) is 0 Å². The number of halogens is 2. The molecule has 0 saturated heterocycles. The summed E-state index contributed by atoms with van der Waals surface area (Å²) in [7, 11) is 0. The van der Waals surface area contributed by atoms with Gasteiger partial charge >= 0.3 is 5.97 Å². The number of nitrogen functional groups attached to an aromatic ring is 1. The molecule has 3 N–H and O–H groups in total. The van der Waals surface area contributed by atoms with Gasteiger partial charge in [-0.2, -0.15) is 0 Å². The van der Waals surface area contributed by atoms with Gasteiger partial charge in [0.25, 0.3) is 0 Å². The molecule has 0 aliphatic heterocycles. The lowest BCUT2D eigenvalue weighted by molar-refractivity contribution is 0.0499. The minimum absolute atomic E-state index is 0.316. The molecule has 0 heterocycles. The lowest BCUT2D eigenvalue weighted by Crippen LogP contribution is -2.30. The summed E-state index contributed by atoms with van der Waals surface area (Å²) >= 11 is 9.07. The predicted octanol–water partition coefficient (Wildman–Crippen LogP) is 4.63. The van der Waals surface area contributed by atoms with Crippen molar-refractivity contribution >= 4 is 39.2 Å². The summed E-state index contributed by atoms with van der Waals surface area (Å²) in [6.07, 6.45) is 7.94. The number of nitrogens with two attached hydrogens (primary N) is 1. The van der Waals surface area contributed by atoms with Crippen molar-refractivity contribution in [3.05, 3.63) is 27.7 Å². The fourth-order valence-corrected chi connectivity index (χ4v) is 3.63. The average Bonchev–Trinajstić information content (AvgIpc) is 2.60. The van der Waals surface area contributed by atoms with Gasteiger partial charge in [0.1, 0.15) is 0 Å². The van der Waals surface area contributed by atoms with E-state index in [4.69, 9.17) is 22.1 Å². The minimum Gasteiger partial charge on any atom is -0.462 e. The van der Waals surface area contributed by atoms with E-state index < -0.39 is 0 Å². The largest absolute Gasteiger partial charge is 0.462 e. The van der Waals surface area contributed by atoms with E-state index in [-0.39, 0.29) is 5.97 Å². The van der Waals surface area contributed by atoms with Gasteiger partial charge in [-0.05, 0) is 59.3 Å². The second kappa shape index (κ2) is 10.3. The maximum absolute atomic E-state index is 12.2. The summed E-state index contributed by atoms with van der Waals surface area (Å²) in [6.45, 7) is 1.06. The Morgan fingerprint density at radius 3 is 2.75 bits per heavy atom. The molecule has 4 nitrogen and oxygen atoms in total. The number of alkyl halides is 1. The van der Waals surface area contributed by atoms with Crippen molar-refractivity contribution < 1.29 is 9.53 Å². The summed E-state index contributed by atoms with van der Waals surface area (Å²) in [5, 5.41) is 3.56. The minimum atomic E-state index is -0.316. The molecule has 0 radical (unpaired) electrons. The fourth-order valence-electron chi connectivity index (χ4n) is 2.94. The van der Waals surface area contributed by atoms with E-state index in [0.717, 1.165) is 22.9 Å². The number of hydrogen-bond donors (Lipinski definition) is 2. The van der Waals surface area contributed by atoms with Gasteiger partial charge < -0.3 is 15.8 Å². The zero-order chi connectivity index (χ0) is 17.4. The molecule has 24 heavy (non-hydrogen) atoms. The van der Waals surface area contributed by atoms with Gasteiger partial charge in [0, 0.05) is 22.9 Å². The van der Waals surface area contributed by atoms with Gasteiger partial charge in [-0.25, -0.2) is 4.79 Å². The number of esters is 1. The van der Waals surface area contributed by atoms with Crippen molar-refractivity contribution in [2.45, 2.75) is 57.5 Å². The molecule has 1 saturated carbocycles. The maximum Gasteiger partial charge on any atom is 0.338 e. The van der Waals surface area contributed by atoms with Crippen LogP contribution in [0.2, 0.25) is 0 Å². The fraction of sp³-hybridized carbons (Fsp3) is 0.611. The molecular formula is C18H26BrClN2O2. The number of rotatable bonds is 8. The first kappa shape index (κ1) is 19.5. The standard InChI is InChI=1S/C18H26BrClN2O2/c19-16-11-13(18(23)24-9-5-4-8-20)10-14(17(16)21)12-22-15-6-2-1-3-7-15/h10-11,15,22H,1-9,12,21H2. The lowest BCUT2D eigenvalue weighted by atomic mass is 9.95. The Bertz CT molecular complexity index is 548. The van der Waals surface area contributed by atoms with Crippen LogP contribution in [0.4, 0.5) is 5.69 Å². The van der Waals surface area contributed by atoms with E-state index in [0.29, 0.717) is 36.3 Å². The van der Waals surface area contributed by atoms with Gasteiger partial charge in [0.2, 0.25) is 0 Å². The number of carbonyl (C=O) groups is 1. The second-order valence-electron chi connectivity index (χ2n) is 6.28. The number of nitrogens with one attached hydrogen (secondary N) is 1. The van der Waals surface area contributed by atoms with Gasteiger partial charge in [-0.15, -0.1) is 11.6 Å². The Balaban J connectivity index is 1.97. The molecule has 1 aliphatic rings. The first-order valence-corrected chi connectivity index (χ1v) is 9.99. The topological polar surface area (TPSA) is 64.4 Å². The smallest absolute Gasteiger partial charge is 0.338 e. The summed E-state index contributed by atoms with van der Waals surface area (Å²) in [5.74, 6) is 0.270. The van der Waals surface area contributed by atoms with Crippen LogP contribution in [-0.2, 0) is 11.3 Å². The van der Waals surface area contributed by atoms with E-state index in [1.54, 1.807) is 6.07 Å². The van der Waals surface area contributed by atoms with Crippen LogP contribution in [0.25, 0.3) is 0 Å². The zero-order valence-electron chi connectivity index (χ0n) is 14.0. The van der Waals surface area contributed by atoms with Crippen molar-refractivity contribution in [2.24, 2.45) is 0 Å². The highest BCUT2D eigenvalue weighted by molar-refractivity contribution is 9.10. The van der Waals surface area contributed by atoms with Gasteiger partial charge in [0.05, 0.1) is 17.9 Å². The Hall–Kier alpha value is -0.780. The van der Waals surface area contributed by atoms with Crippen LogP contribution in [0, 0.1) is 0 Å². The van der Waals surface area contributed by atoms with Gasteiger partial charge in [-0.3, -0.25) is 0 Å². The number of benzene rings is 1. The van der Waals surface area contributed by atoms with Gasteiger partial charge in [0.15, 0.2) is 0 Å². The van der Waals surface area contributed by atoms with Crippen molar-refractivity contribution in [2.75, 3.05) is 18.2 Å². The summed E-state index contributed by atoms with van der Waals surface area (Å²) in [5.41, 5.74) is 8.29. The Morgan fingerprint density at radius 2 is 2.04 bits per heavy atom. The molecule has 0 amide bonds. The summed E-state index contributed by atoms with van der Waals surface area (Å²) in [4.78, 5) is 12.2. The van der Waals surface area contributed by atoms with Crippen LogP contribution in [0.3, 0.4) is 0 Å². The normalized spacial score (nSPS) is 15.4. The maximum atomic E-state index is 12.2. The Kier molecular flexibility index (Phi) is 8.36. The first-order valence-electron chi connectivity index (χ1n) is 8.66. The molecule has 0 atom stereocenters. The molecule has 6 heteroatoms. The molecule has 2 rings (SSSR count). The molecule has 0 spiro atoms. The van der Waals surface area contributed by atoms with Crippen molar-refractivity contribution in [1.82, 2.24) is 5.32 Å². The number of unbranched alkanes of at least 4 members (excludes halogenated alkanes) is 1. The predicted molar refractivity (Wildman–Crippen MR) is 103 cm³/mol. The molecule has 0 aromatic heterocycles. The van der Waals surface area contributed by atoms with E-state index in [9.17, 15) is 4.79 Å². The third kappa shape index (κ3) is 5.94. The molecule has 0 unspecified atom stereocenters. The highest BCUT2D eigenvalue weighted by Gasteiger charge is 2.16. The van der Waals surface area contributed by atoms with Crippen molar-refractivity contribution in [1.29, 1.82) is 0 Å². The van der Waals surface area contributed by atoms with Crippen molar-refractivity contribution in [3.8, 4) is 0 Å². The highest BCUT2D eigenvalue weighted by Crippen LogP contribution is 2.27. The van der Waals surface area contributed by atoms with Crippen LogP contribution in [-0.4, -0.2) is 24.5 Å². The average molecular weight is 418 g/mol. The lowest BCUT2D eigenvalue weighted by Gasteiger charge is -2.23. The molecule has 1 aromatic rings. The summed E-state index contributed by atoms with van der Waals surface area (Å²) < 4.78 is 6.03. The first-order chi connectivity index (χ1) is 11.6. The molecule has 1 fully saturated rings. The monoisotopic (exact) mass is 416 g/mol. The summed E-state index contributed by atoms with van der Waals surface area (Å²) in [6, 6.07) is 4.10. The van der Waals surface area contributed by atoms with Crippen LogP contribution in [0.1, 0.15) is 60.9 Å². The molecule has 134 valence electrons. The Labute approximate surface area is 157 Å². The third-order valence-corrected chi connectivity index (χ3v) is 5.32. The SMILES string of the molecule is Nc1c(Br)cc(C(=O)OCCCCCl)cc1CNC1CCCCC1. The molecule has 0 bridgehead atoms. The van der Waals surface area contributed by atoms with E-state index in [1.807, 2.05) is 6.07 Å². The molecule has 1 aromatic carbocycles. The van der Waals surface area contributed by atoms with Crippen LogP contribution >= 0.6 is 27.5 Å². The van der Waals surface area contributed by atoms with Crippen LogP contribution in [0.5, 0.6) is 0 Å². The number of anilines is 1. The quantitative estimate of drug-likeness (QED) is 0.280. The van der Waals surface area contributed by atoms with Gasteiger partial charge in [-0.1, -0.05) is 19.3 Å². The van der Waals surface area contributed by atoms with Crippen LogP contribution in [0.15, 0.2) is 16.6 Å². The highest BCUT2D eigenvalue weighted by atomic mass is 79.9. The third-order valence-electron chi connectivity index (χ3n) is 4.40. The number of hydrogen-bond acceptors (Lipinski definition) is 4.